The number of hydrogen-bond acceptors (Lipinski definition) is 3. The second kappa shape index (κ2) is 8.81. The number of rotatable bonds is 6. The van der Waals surface area contributed by atoms with Gasteiger partial charge >= 0.3 is 0 Å². The maximum atomic E-state index is 12.3. The number of para-hydroxylation sites is 1. The summed E-state index contributed by atoms with van der Waals surface area (Å²) in [6.07, 6.45) is 0.198. The van der Waals surface area contributed by atoms with Gasteiger partial charge in [-0.3, -0.25) is 14.4 Å². The van der Waals surface area contributed by atoms with E-state index in [1.807, 2.05) is 36.4 Å². The lowest BCUT2D eigenvalue weighted by atomic mass is 10.1. The van der Waals surface area contributed by atoms with Crippen LogP contribution in [0.2, 0.25) is 0 Å². The van der Waals surface area contributed by atoms with Crippen LogP contribution in [-0.4, -0.2) is 37.4 Å². The summed E-state index contributed by atoms with van der Waals surface area (Å²) >= 11 is 3.34. The van der Waals surface area contributed by atoms with E-state index in [-0.39, 0.29) is 30.1 Å². The molecule has 0 aromatic heterocycles. The normalized spacial score (nSPS) is 16.3. The summed E-state index contributed by atoms with van der Waals surface area (Å²) in [4.78, 5) is 38.3. The summed E-state index contributed by atoms with van der Waals surface area (Å²) in [5.41, 5.74) is 1.35. The highest BCUT2D eigenvalue weighted by atomic mass is 79.9. The summed E-state index contributed by atoms with van der Waals surface area (Å²) in [6, 6.07) is 16.5. The number of anilines is 1. The minimum atomic E-state index is -0.378. The van der Waals surface area contributed by atoms with Gasteiger partial charge in [0.15, 0.2) is 0 Å². The van der Waals surface area contributed by atoms with E-state index in [0.29, 0.717) is 25.2 Å². The van der Waals surface area contributed by atoms with Crippen molar-refractivity contribution in [3.05, 3.63) is 64.6 Å². The SMILES string of the molecule is O=C(NCCNC(=O)[C@@H]1CC(=O)N(c2ccccc2)C1)c1ccccc1Br. The number of nitrogens with one attached hydrogen (secondary N) is 2. The van der Waals surface area contributed by atoms with Crippen molar-refractivity contribution >= 4 is 39.3 Å². The molecule has 27 heavy (non-hydrogen) atoms. The molecule has 2 N–H and O–H groups in total. The van der Waals surface area contributed by atoms with Gasteiger partial charge in [-0.15, -0.1) is 0 Å². The fourth-order valence-corrected chi connectivity index (χ4v) is 3.45. The van der Waals surface area contributed by atoms with E-state index in [1.54, 1.807) is 23.1 Å². The Morgan fingerprint density at radius 2 is 1.67 bits per heavy atom. The molecule has 140 valence electrons. The molecule has 0 radical (unpaired) electrons. The van der Waals surface area contributed by atoms with Gasteiger partial charge in [-0.25, -0.2) is 0 Å². The van der Waals surface area contributed by atoms with Gasteiger partial charge in [0.1, 0.15) is 0 Å². The largest absolute Gasteiger partial charge is 0.354 e. The lowest BCUT2D eigenvalue weighted by Gasteiger charge is -2.16. The lowest BCUT2D eigenvalue weighted by Crippen LogP contribution is -2.38. The zero-order valence-corrected chi connectivity index (χ0v) is 16.2. The van der Waals surface area contributed by atoms with Crippen molar-refractivity contribution in [3.63, 3.8) is 0 Å². The molecule has 7 heteroatoms. The zero-order chi connectivity index (χ0) is 19.2. The lowest BCUT2D eigenvalue weighted by molar-refractivity contribution is -0.126. The number of carbonyl (C=O) groups is 3. The minimum Gasteiger partial charge on any atom is -0.354 e. The van der Waals surface area contributed by atoms with Crippen LogP contribution in [0.3, 0.4) is 0 Å². The summed E-state index contributed by atoms with van der Waals surface area (Å²) in [7, 11) is 0. The maximum absolute atomic E-state index is 12.3. The first kappa shape index (κ1) is 19.1. The van der Waals surface area contributed by atoms with Crippen molar-refractivity contribution < 1.29 is 14.4 Å². The Morgan fingerprint density at radius 1 is 1.00 bits per heavy atom. The number of hydrogen-bond donors (Lipinski definition) is 2. The summed E-state index contributed by atoms with van der Waals surface area (Å²) in [5.74, 6) is -0.805. The average molecular weight is 430 g/mol. The van der Waals surface area contributed by atoms with Crippen LogP contribution in [0.15, 0.2) is 59.1 Å². The fourth-order valence-electron chi connectivity index (χ4n) is 2.99. The quantitative estimate of drug-likeness (QED) is 0.691. The molecule has 1 aliphatic rings. The van der Waals surface area contributed by atoms with E-state index in [0.717, 1.165) is 10.2 Å². The predicted octanol–water partition coefficient (Wildman–Crippen LogP) is 2.35. The van der Waals surface area contributed by atoms with E-state index in [9.17, 15) is 14.4 Å². The van der Waals surface area contributed by atoms with E-state index in [2.05, 4.69) is 26.6 Å². The van der Waals surface area contributed by atoms with Crippen LogP contribution in [0.25, 0.3) is 0 Å². The standard InChI is InChI=1S/C20H20BrN3O3/c21-17-9-5-4-8-16(17)20(27)23-11-10-22-19(26)14-12-18(25)24(13-14)15-6-2-1-3-7-15/h1-9,14H,10-13H2,(H,22,26)(H,23,27)/t14-/m1/s1. The minimum absolute atomic E-state index is 0.0522. The van der Waals surface area contributed by atoms with Crippen molar-refractivity contribution in [3.8, 4) is 0 Å². The van der Waals surface area contributed by atoms with Gasteiger partial charge in [0.05, 0.1) is 11.5 Å². The van der Waals surface area contributed by atoms with Crippen molar-refractivity contribution in [2.75, 3.05) is 24.5 Å². The van der Waals surface area contributed by atoms with Gasteiger partial charge < -0.3 is 15.5 Å². The maximum Gasteiger partial charge on any atom is 0.252 e. The molecule has 0 unspecified atom stereocenters. The molecule has 3 rings (SSSR count). The third kappa shape index (κ3) is 4.74. The van der Waals surface area contributed by atoms with Crippen LogP contribution in [0.4, 0.5) is 5.69 Å². The Hall–Kier alpha value is -2.67. The second-order valence-electron chi connectivity index (χ2n) is 6.27. The number of halogens is 1. The van der Waals surface area contributed by atoms with Gasteiger partial charge in [-0.2, -0.15) is 0 Å². The Bertz CT molecular complexity index is 841. The molecule has 1 atom stereocenters. The van der Waals surface area contributed by atoms with Gasteiger partial charge in [-0.05, 0) is 40.2 Å². The smallest absolute Gasteiger partial charge is 0.252 e. The molecular formula is C20H20BrN3O3. The summed E-state index contributed by atoms with van der Waals surface area (Å²) in [5, 5.41) is 5.56. The summed E-state index contributed by atoms with van der Waals surface area (Å²) < 4.78 is 0.719. The number of carbonyl (C=O) groups excluding carboxylic acids is 3. The monoisotopic (exact) mass is 429 g/mol. The molecular weight excluding hydrogens is 410 g/mol. The first-order valence-corrected chi connectivity index (χ1v) is 9.51. The highest BCUT2D eigenvalue weighted by Crippen LogP contribution is 2.24. The second-order valence-corrected chi connectivity index (χ2v) is 7.12. The molecule has 1 saturated heterocycles. The van der Waals surface area contributed by atoms with Gasteiger partial charge in [0.2, 0.25) is 11.8 Å². The van der Waals surface area contributed by atoms with Crippen molar-refractivity contribution in [1.82, 2.24) is 10.6 Å². The van der Waals surface area contributed by atoms with Crippen LogP contribution in [0.1, 0.15) is 16.8 Å². The third-order valence-electron chi connectivity index (χ3n) is 4.39. The van der Waals surface area contributed by atoms with Crippen LogP contribution in [0.5, 0.6) is 0 Å². The molecule has 0 saturated carbocycles. The van der Waals surface area contributed by atoms with Crippen LogP contribution < -0.4 is 15.5 Å². The van der Waals surface area contributed by atoms with Crippen LogP contribution >= 0.6 is 15.9 Å². The first-order valence-electron chi connectivity index (χ1n) is 8.72. The molecule has 6 nitrogen and oxygen atoms in total. The fraction of sp³-hybridized carbons (Fsp3) is 0.250. The highest BCUT2D eigenvalue weighted by molar-refractivity contribution is 9.10. The van der Waals surface area contributed by atoms with Crippen LogP contribution in [-0.2, 0) is 9.59 Å². The third-order valence-corrected chi connectivity index (χ3v) is 5.08. The molecule has 3 amide bonds. The molecule has 2 aromatic rings. The Balaban J connectivity index is 1.44. The van der Waals surface area contributed by atoms with E-state index in [1.165, 1.54) is 0 Å². The molecule has 2 aromatic carbocycles. The molecule has 0 aliphatic carbocycles. The molecule has 1 aliphatic heterocycles. The van der Waals surface area contributed by atoms with Crippen molar-refractivity contribution in [2.45, 2.75) is 6.42 Å². The van der Waals surface area contributed by atoms with E-state index in [4.69, 9.17) is 0 Å². The van der Waals surface area contributed by atoms with E-state index >= 15 is 0 Å². The number of amides is 3. The molecule has 0 bridgehead atoms. The van der Waals surface area contributed by atoms with Crippen molar-refractivity contribution in [1.29, 1.82) is 0 Å². The van der Waals surface area contributed by atoms with Crippen LogP contribution in [0, 0.1) is 5.92 Å². The molecule has 0 spiro atoms. The predicted molar refractivity (Wildman–Crippen MR) is 106 cm³/mol. The van der Waals surface area contributed by atoms with Gasteiger partial charge in [0.25, 0.3) is 5.91 Å². The Morgan fingerprint density at radius 3 is 2.41 bits per heavy atom. The van der Waals surface area contributed by atoms with Crippen molar-refractivity contribution in [2.24, 2.45) is 5.92 Å². The topological polar surface area (TPSA) is 78.5 Å². The Kier molecular flexibility index (Phi) is 6.24. The first-order chi connectivity index (χ1) is 13.1. The number of nitrogens with zero attached hydrogens (tertiary/aromatic N) is 1. The molecule has 1 heterocycles. The van der Waals surface area contributed by atoms with Gasteiger partial charge in [-0.1, -0.05) is 30.3 Å². The highest BCUT2D eigenvalue weighted by Gasteiger charge is 2.34. The van der Waals surface area contributed by atoms with Gasteiger partial charge in [0, 0.05) is 36.2 Å². The van der Waals surface area contributed by atoms with E-state index < -0.39 is 0 Å². The average Bonchev–Trinajstić information content (AvgIpc) is 3.08. The Labute approximate surface area is 166 Å². The zero-order valence-electron chi connectivity index (χ0n) is 14.7. The summed E-state index contributed by atoms with van der Waals surface area (Å²) in [6.45, 7) is 0.998. The number of benzene rings is 2. The molecule has 1 fully saturated rings.